The van der Waals surface area contributed by atoms with Gasteiger partial charge in [-0.1, -0.05) is 37.3 Å². The van der Waals surface area contributed by atoms with Gasteiger partial charge in [0.15, 0.2) is 0 Å². The quantitative estimate of drug-likeness (QED) is 0.623. The molecular weight excluding hydrogens is 422 g/mol. The number of amides is 1. The second kappa shape index (κ2) is 10.5. The average Bonchev–Trinajstić information content (AvgIpc) is 3.22. The van der Waals surface area contributed by atoms with Crippen molar-refractivity contribution >= 4 is 21.6 Å². The lowest BCUT2D eigenvalue weighted by molar-refractivity contribution is -0.122. The molecule has 0 radical (unpaired) electrons. The SMILES string of the molecule is CC[C@@H](C(=O)NCc1ccccc1CN1CCCC1)N(c1cc(C)cc(C)c1)S(C)(=O)=O. The Morgan fingerprint density at radius 3 is 2.22 bits per heavy atom. The average molecular weight is 458 g/mol. The molecule has 6 nitrogen and oxygen atoms in total. The Morgan fingerprint density at radius 1 is 1.06 bits per heavy atom. The topological polar surface area (TPSA) is 69.7 Å². The van der Waals surface area contributed by atoms with Crippen molar-refractivity contribution in [3.8, 4) is 0 Å². The Kier molecular flexibility index (Phi) is 7.96. The first-order valence-corrected chi connectivity index (χ1v) is 13.2. The number of rotatable bonds is 9. The van der Waals surface area contributed by atoms with E-state index in [0.717, 1.165) is 42.6 Å². The fraction of sp³-hybridized carbons (Fsp3) is 0.480. The van der Waals surface area contributed by atoms with Crippen LogP contribution in [-0.4, -0.2) is 44.6 Å². The standard InChI is InChI=1S/C25H35N3O3S/c1-5-24(28(32(4,30)31)23-15-19(2)14-20(3)16-23)25(29)26-17-21-10-6-7-11-22(21)18-27-12-8-9-13-27/h6-7,10-11,14-16,24H,5,8-9,12-13,17-18H2,1-4H3,(H,26,29)/t24-/m0/s1. The number of sulfonamides is 1. The minimum Gasteiger partial charge on any atom is -0.350 e. The van der Waals surface area contributed by atoms with Crippen LogP contribution in [0.5, 0.6) is 0 Å². The van der Waals surface area contributed by atoms with E-state index in [1.165, 1.54) is 22.7 Å². The third-order valence-electron chi connectivity index (χ3n) is 5.95. The van der Waals surface area contributed by atoms with Crippen LogP contribution in [0, 0.1) is 13.8 Å². The second-order valence-corrected chi connectivity index (χ2v) is 10.7. The molecule has 7 heteroatoms. The molecule has 3 rings (SSSR count). The number of carbonyl (C=O) groups is 1. The van der Waals surface area contributed by atoms with Crippen LogP contribution in [0.2, 0.25) is 0 Å². The first-order chi connectivity index (χ1) is 15.2. The fourth-order valence-electron chi connectivity index (χ4n) is 4.50. The van der Waals surface area contributed by atoms with Crippen molar-refractivity contribution in [2.45, 2.75) is 59.2 Å². The molecule has 1 aliphatic heterocycles. The molecule has 174 valence electrons. The molecule has 1 fully saturated rings. The summed E-state index contributed by atoms with van der Waals surface area (Å²) in [5.41, 5.74) is 4.72. The fourth-order valence-corrected chi connectivity index (χ4v) is 5.70. The Morgan fingerprint density at radius 2 is 1.66 bits per heavy atom. The van der Waals surface area contributed by atoms with E-state index in [9.17, 15) is 13.2 Å². The molecule has 1 aliphatic rings. The number of likely N-dealkylation sites (tertiary alicyclic amines) is 1. The maximum absolute atomic E-state index is 13.2. The van der Waals surface area contributed by atoms with Crippen LogP contribution in [-0.2, 0) is 27.9 Å². The highest BCUT2D eigenvalue weighted by Crippen LogP contribution is 2.25. The van der Waals surface area contributed by atoms with E-state index < -0.39 is 16.1 Å². The van der Waals surface area contributed by atoms with Crippen LogP contribution in [0.25, 0.3) is 0 Å². The van der Waals surface area contributed by atoms with E-state index in [1.807, 2.05) is 57.2 Å². The summed E-state index contributed by atoms with van der Waals surface area (Å²) >= 11 is 0. The van der Waals surface area contributed by atoms with Crippen LogP contribution in [0.1, 0.15) is 48.4 Å². The lowest BCUT2D eigenvalue weighted by Gasteiger charge is -2.30. The molecule has 0 bridgehead atoms. The molecule has 0 saturated carbocycles. The van der Waals surface area contributed by atoms with Gasteiger partial charge in [0.1, 0.15) is 6.04 Å². The van der Waals surface area contributed by atoms with Crippen molar-refractivity contribution < 1.29 is 13.2 Å². The van der Waals surface area contributed by atoms with Gasteiger partial charge in [0.25, 0.3) is 0 Å². The van der Waals surface area contributed by atoms with Gasteiger partial charge in [0.2, 0.25) is 15.9 Å². The van der Waals surface area contributed by atoms with Crippen molar-refractivity contribution in [1.29, 1.82) is 0 Å². The predicted octanol–water partition coefficient (Wildman–Crippen LogP) is 3.76. The molecule has 1 atom stereocenters. The number of benzene rings is 2. The Bertz CT molecular complexity index is 1030. The zero-order valence-electron chi connectivity index (χ0n) is 19.6. The molecule has 0 unspecified atom stereocenters. The van der Waals surface area contributed by atoms with Gasteiger partial charge >= 0.3 is 0 Å². The number of aryl methyl sites for hydroxylation is 2. The first kappa shape index (κ1) is 24.3. The summed E-state index contributed by atoms with van der Waals surface area (Å²) in [6.45, 7) is 9.16. The minimum absolute atomic E-state index is 0.284. The number of hydrogen-bond donors (Lipinski definition) is 1. The Labute approximate surface area is 192 Å². The molecule has 1 heterocycles. The number of nitrogens with zero attached hydrogens (tertiary/aromatic N) is 2. The number of hydrogen-bond acceptors (Lipinski definition) is 4. The molecule has 0 aliphatic carbocycles. The third-order valence-corrected chi connectivity index (χ3v) is 7.13. The highest BCUT2D eigenvalue weighted by Gasteiger charge is 2.31. The molecule has 2 aromatic carbocycles. The van der Waals surface area contributed by atoms with E-state index >= 15 is 0 Å². The predicted molar refractivity (Wildman–Crippen MR) is 130 cm³/mol. The summed E-state index contributed by atoms with van der Waals surface area (Å²) in [7, 11) is -3.65. The van der Waals surface area contributed by atoms with Crippen molar-refractivity contribution in [3.05, 3.63) is 64.7 Å². The summed E-state index contributed by atoms with van der Waals surface area (Å²) in [5, 5.41) is 3.00. The summed E-state index contributed by atoms with van der Waals surface area (Å²) < 4.78 is 26.7. The van der Waals surface area contributed by atoms with E-state index in [1.54, 1.807) is 0 Å². The number of anilines is 1. The summed E-state index contributed by atoms with van der Waals surface area (Å²) in [6.07, 6.45) is 4.00. The molecular formula is C25H35N3O3S. The van der Waals surface area contributed by atoms with Crippen LogP contribution in [0.3, 0.4) is 0 Å². The molecule has 1 N–H and O–H groups in total. The number of carbonyl (C=O) groups excluding carboxylic acids is 1. The van der Waals surface area contributed by atoms with Gasteiger partial charge < -0.3 is 5.32 Å². The molecule has 0 spiro atoms. The first-order valence-electron chi connectivity index (χ1n) is 11.3. The van der Waals surface area contributed by atoms with Gasteiger partial charge in [0, 0.05) is 13.1 Å². The molecule has 32 heavy (non-hydrogen) atoms. The minimum atomic E-state index is -3.65. The maximum Gasteiger partial charge on any atom is 0.244 e. The molecule has 0 aromatic heterocycles. The zero-order chi connectivity index (χ0) is 23.3. The second-order valence-electron chi connectivity index (χ2n) is 8.80. The van der Waals surface area contributed by atoms with Crippen molar-refractivity contribution in [2.24, 2.45) is 0 Å². The summed E-state index contributed by atoms with van der Waals surface area (Å²) in [4.78, 5) is 15.6. The van der Waals surface area contributed by atoms with Gasteiger partial charge in [-0.3, -0.25) is 14.0 Å². The number of nitrogens with one attached hydrogen (secondary N) is 1. The van der Waals surface area contributed by atoms with Crippen LogP contribution >= 0.6 is 0 Å². The summed E-state index contributed by atoms with van der Waals surface area (Å²) in [6, 6.07) is 13.0. The zero-order valence-corrected chi connectivity index (χ0v) is 20.4. The smallest absolute Gasteiger partial charge is 0.244 e. The Hall–Kier alpha value is -2.38. The van der Waals surface area contributed by atoms with Crippen molar-refractivity contribution in [1.82, 2.24) is 10.2 Å². The monoisotopic (exact) mass is 457 g/mol. The van der Waals surface area contributed by atoms with Gasteiger partial charge in [0.05, 0.1) is 11.9 Å². The third kappa shape index (κ3) is 6.11. The lowest BCUT2D eigenvalue weighted by atomic mass is 10.1. The normalized spacial score (nSPS) is 15.5. The maximum atomic E-state index is 13.2. The molecule has 2 aromatic rings. The summed E-state index contributed by atoms with van der Waals surface area (Å²) in [5.74, 6) is -0.284. The highest BCUT2D eigenvalue weighted by atomic mass is 32.2. The van der Waals surface area contributed by atoms with Crippen molar-refractivity contribution in [2.75, 3.05) is 23.7 Å². The molecule has 1 amide bonds. The largest absolute Gasteiger partial charge is 0.350 e. The lowest BCUT2D eigenvalue weighted by Crippen LogP contribution is -2.49. The van der Waals surface area contributed by atoms with Gasteiger partial charge in [-0.2, -0.15) is 0 Å². The van der Waals surface area contributed by atoms with Gasteiger partial charge in [-0.15, -0.1) is 0 Å². The van der Waals surface area contributed by atoms with Crippen LogP contribution in [0.4, 0.5) is 5.69 Å². The van der Waals surface area contributed by atoms with E-state index in [4.69, 9.17) is 0 Å². The van der Waals surface area contributed by atoms with E-state index in [2.05, 4.69) is 16.3 Å². The van der Waals surface area contributed by atoms with Gasteiger partial charge in [-0.05, 0) is 80.6 Å². The molecule has 1 saturated heterocycles. The van der Waals surface area contributed by atoms with Gasteiger partial charge in [-0.25, -0.2) is 8.42 Å². The highest BCUT2D eigenvalue weighted by molar-refractivity contribution is 7.92. The van der Waals surface area contributed by atoms with E-state index in [-0.39, 0.29) is 5.91 Å². The van der Waals surface area contributed by atoms with Crippen molar-refractivity contribution in [3.63, 3.8) is 0 Å². The van der Waals surface area contributed by atoms with Crippen LogP contribution < -0.4 is 9.62 Å². The van der Waals surface area contributed by atoms with E-state index in [0.29, 0.717) is 18.7 Å². The Balaban J connectivity index is 1.79. The van der Waals surface area contributed by atoms with Crippen LogP contribution in [0.15, 0.2) is 42.5 Å².